The maximum absolute atomic E-state index is 13.6. The van der Waals surface area contributed by atoms with E-state index < -0.39 is 11.6 Å². The van der Waals surface area contributed by atoms with Crippen molar-refractivity contribution >= 4 is 17.3 Å². The molecule has 0 spiro atoms. The Morgan fingerprint density at radius 1 is 1.06 bits per heavy atom. The Kier molecular flexibility index (Phi) is 3.30. The molecule has 1 aliphatic heterocycles. The fourth-order valence-electron chi connectivity index (χ4n) is 1.87. The van der Waals surface area contributed by atoms with Gasteiger partial charge in [-0.25, -0.2) is 8.78 Å². The number of halogens is 3. The smallest absolute Gasteiger partial charge is 0.151 e. The molecule has 0 unspecified atom stereocenters. The quantitative estimate of drug-likeness (QED) is 0.751. The highest BCUT2D eigenvalue weighted by atomic mass is 35.5. The molecule has 0 atom stereocenters. The molecule has 88 valence electrons. The van der Waals surface area contributed by atoms with Gasteiger partial charge in [-0.3, -0.25) is 0 Å². The lowest BCUT2D eigenvalue weighted by Crippen LogP contribution is -2.45. The Morgan fingerprint density at radius 3 is 2.06 bits per heavy atom. The first-order valence-corrected chi connectivity index (χ1v) is 5.54. The molecule has 0 aliphatic carbocycles. The SMILES string of the molecule is CN1CCN(c2c(F)cc(Cl)cc2F)CC1. The van der Waals surface area contributed by atoms with Gasteiger partial charge in [0.05, 0.1) is 0 Å². The molecule has 1 aromatic carbocycles. The molecule has 0 saturated carbocycles. The van der Waals surface area contributed by atoms with E-state index in [2.05, 4.69) is 4.90 Å². The van der Waals surface area contributed by atoms with Crippen LogP contribution in [0.15, 0.2) is 12.1 Å². The number of piperazine rings is 1. The van der Waals surface area contributed by atoms with Crippen LogP contribution in [0.5, 0.6) is 0 Å². The molecule has 2 nitrogen and oxygen atoms in total. The minimum absolute atomic E-state index is 0.0394. The number of anilines is 1. The normalized spacial score (nSPS) is 17.9. The summed E-state index contributed by atoms with van der Waals surface area (Å²) >= 11 is 5.58. The Balaban J connectivity index is 2.26. The van der Waals surface area contributed by atoms with E-state index in [1.807, 2.05) is 7.05 Å². The second-order valence-electron chi connectivity index (χ2n) is 4.01. The lowest BCUT2D eigenvalue weighted by molar-refractivity contribution is 0.310. The van der Waals surface area contributed by atoms with Crippen molar-refractivity contribution in [3.05, 3.63) is 28.8 Å². The van der Waals surface area contributed by atoms with Crippen LogP contribution >= 0.6 is 11.6 Å². The highest BCUT2D eigenvalue weighted by Crippen LogP contribution is 2.27. The van der Waals surface area contributed by atoms with Crippen molar-refractivity contribution < 1.29 is 8.78 Å². The molecular weight excluding hydrogens is 234 g/mol. The molecule has 0 radical (unpaired) electrons. The lowest BCUT2D eigenvalue weighted by atomic mass is 10.2. The first kappa shape index (κ1) is 11.6. The van der Waals surface area contributed by atoms with E-state index in [4.69, 9.17) is 11.6 Å². The van der Waals surface area contributed by atoms with E-state index >= 15 is 0 Å². The van der Waals surface area contributed by atoms with Crippen LogP contribution in [-0.2, 0) is 0 Å². The fraction of sp³-hybridized carbons (Fsp3) is 0.455. The summed E-state index contributed by atoms with van der Waals surface area (Å²) in [5, 5.41) is 0.0906. The van der Waals surface area contributed by atoms with E-state index in [9.17, 15) is 8.78 Å². The van der Waals surface area contributed by atoms with Gasteiger partial charge in [-0.05, 0) is 19.2 Å². The van der Waals surface area contributed by atoms with Gasteiger partial charge in [0.15, 0.2) is 11.6 Å². The Hall–Kier alpha value is -0.870. The van der Waals surface area contributed by atoms with Crippen molar-refractivity contribution in [2.45, 2.75) is 0 Å². The van der Waals surface area contributed by atoms with Gasteiger partial charge in [-0.2, -0.15) is 0 Å². The van der Waals surface area contributed by atoms with Crippen molar-refractivity contribution in [1.82, 2.24) is 4.90 Å². The van der Waals surface area contributed by atoms with Crippen LogP contribution in [0.2, 0.25) is 5.02 Å². The molecule has 1 aliphatic rings. The Labute approximate surface area is 98.4 Å². The van der Waals surface area contributed by atoms with Gasteiger partial charge in [0.25, 0.3) is 0 Å². The van der Waals surface area contributed by atoms with E-state index in [-0.39, 0.29) is 10.7 Å². The predicted octanol–water partition coefficient (Wildman–Crippen LogP) is 2.37. The molecule has 1 aromatic rings. The third-order valence-corrected chi connectivity index (χ3v) is 3.02. The summed E-state index contributed by atoms with van der Waals surface area (Å²) in [6.07, 6.45) is 0. The van der Waals surface area contributed by atoms with Crippen LogP contribution in [0.3, 0.4) is 0 Å². The largest absolute Gasteiger partial charge is 0.364 e. The van der Waals surface area contributed by atoms with Crippen LogP contribution in [0.4, 0.5) is 14.5 Å². The van der Waals surface area contributed by atoms with Crippen LogP contribution in [0.1, 0.15) is 0 Å². The molecule has 0 N–H and O–H groups in total. The maximum Gasteiger partial charge on any atom is 0.151 e. The van der Waals surface area contributed by atoms with E-state index in [0.29, 0.717) is 13.1 Å². The van der Waals surface area contributed by atoms with Crippen LogP contribution in [0, 0.1) is 11.6 Å². The molecule has 0 aromatic heterocycles. The lowest BCUT2D eigenvalue weighted by Gasteiger charge is -2.34. The second kappa shape index (κ2) is 4.55. The van der Waals surface area contributed by atoms with Crippen molar-refractivity contribution in [3.63, 3.8) is 0 Å². The van der Waals surface area contributed by atoms with Gasteiger partial charge in [0.1, 0.15) is 5.69 Å². The van der Waals surface area contributed by atoms with Crippen LogP contribution in [-0.4, -0.2) is 38.1 Å². The Morgan fingerprint density at radius 2 is 1.56 bits per heavy atom. The number of benzene rings is 1. The zero-order valence-corrected chi connectivity index (χ0v) is 9.77. The summed E-state index contributed by atoms with van der Waals surface area (Å²) in [4.78, 5) is 3.85. The highest BCUT2D eigenvalue weighted by molar-refractivity contribution is 6.30. The Bertz CT molecular complexity index is 367. The zero-order chi connectivity index (χ0) is 11.7. The summed E-state index contributed by atoms with van der Waals surface area (Å²) in [6, 6.07) is 2.30. The van der Waals surface area contributed by atoms with Crippen LogP contribution in [0.25, 0.3) is 0 Å². The van der Waals surface area contributed by atoms with Gasteiger partial charge in [-0.15, -0.1) is 0 Å². The standard InChI is InChI=1S/C11H13ClF2N2/c1-15-2-4-16(5-3-15)11-9(13)6-8(12)7-10(11)14/h6-7H,2-5H2,1H3. The third kappa shape index (κ3) is 2.28. The molecule has 1 saturated heterocycles. The average Bonchev–Trinajstić information content (AvgIpc) is 2.19. The first-order valence-electron chi connectivity index (χ1n) is 5.16. The number of likely N-dealkylation sites (N-methyl/N-ethyl adjacent to an activating group) is 1. The number of hydrogen-bond acceptors (Lipinski definition) is 2. The number of rotatable bonds is 1. The number of hydrogen-bond donors (Lipinski definition) is 0. The fourth-order valence-corrected chi connectivity index (χ4v) is 2.06. The van der Waals surface area contributed by atoms with Gasteiger partial charge in [0, 0.05) is 31.2 Å². The first-order chi connectivity index (χ1) is 7.58. The van der Waals surface area contributed by atoms with Gasteiger partial charge in [0.2, 0.25) is 0 Å². The van der Waals surface area contributed by atoms with Crippen molar-refractivity contribution in [2.24, 2.45) is 0 Å². The van der Waals surface area contributed by atoms with Crippen molar-refractivity contribution in [1.29, 1.82) is 0 Å². The monoisotopic (exact) mass is 246 g/mol. The van der Waals surface area contributed by atoms with E-state index in [0.717, 1.165) is 25.2 Å². The summed E-state index contributed by atoms with van der Waals surface area (Å²) in [6.45, 7) is 2.88. The average molecular weight is 247 g/mol. The molecule has 5 heteroatoms. The minimum Gasteiger partial charge on any atom is -0.364 e. The second-order valence-corrected chi connectivity index (χ2v) is 4.44. The summed E-state index contributed by atoms with van der Waals surface area (Å²) in [5.41, 5.74) is 0.0394. The minimum atomic E-state index is -0.588. The van der Waals surface area contributed by atoms with Crippen molar-refractivity contribution in [2.75, 3.05) is 38.1 Å². The van der Waals surface area contributed by atoms with Crippen molar-refractivity contribution in [3.8, 4) is 0 Å². The predicted molar refractivity (Wildman–Crippen MR) is 61.1 cm³/mol. The topological polar surface area (TPSA) is 6.48 Å². The molecule has 0 bridgehead atoms. The van der Waals surface area contributed by atoms with E-state index in [1.165, 1.54) is 0 Å². The number of nitrogens with zero attached hydrogens (tertiary/aromatic N) is 2. The highest BCUT2D eigenvalue weighted by Gasteiger charge is 2.21. The summed E-state index contributed by atoms with van der Waals surface area (Å²) in [5.74, 6) is -1.18. The molecule has 1 heterocycles. The van der Waals surface area contributed by atoms with Gasteiger partial charge in [-0.1, -0.05) is 11.6 Å². The van der Waals surface area contributed by atoms with Gasteiger partial charge >= 0.3 is 0 Å². The maximum atomic E-state index is 13.6. The third-order valence-electron chi connectivity index (χ3n) is 2.80. The zero-order valence-electron chi connectivity index (χ0n) is 9.01. The molecule has 2 rings (SSSR count). The van der Waals surface area contributed by atoms with Crippen LogP contribution < -0.4 is 4.90 Å². The molecule has 1 fully saturated rings. The summed E-state index contributed by atoms with van der Waals surface area (Å²) < 4.78 is 27.2. The van der Waals surface area contributed by atoms with Gasteiger partial charge < -0.3 is 9.80 Å². The summed E-state index contributed by atoms with van der Waals surface area (Å²) in [7, 11) is 1.99. The van der Waals surface area contributed by atoms with E-state index in [1.54, 1.807) is 4.90 Å². The molecular formula is C11H13ClF2N2. The molecule has 0 amide bonds. The molecule has 16 heavy (non-hydrogen) atoms.